The first-order valence-electron chi connectivity index (χ1n) is 8.52. The zero-order chi connectivity index (χ0) is 16.7. The molecular weight excluding hydrogens is 290 g/mol. The number of hydrogen-bond acceptors (Lipinski definition) is 4. The van der Waals surface area contributed by atoms with E-state index >= 15 is 0 Å². The summed E-state index contributed by atoms with van der Waals surface area (Å²) >= 11 is 0. The van der Waals surface area contributed by atoms with Gasteiger partial charge >= 0.3 is 0 Å². The number of oxime groups is 1. The highest BCUT2D eigenvalue weighted by atomic mass is 16.4. The number of nitrogens with zero attached hydrogens (tertiary/aromatic N) is 2. The largest absolute Gasteiger partial charge is 0.411 e. The summed E-state index contributed by atoms with van der Waals surface area (Å²) in [6.07, 6.45) is 6.38. The summed E-state index contributed by atoms with van der Waals surface area (Å²) in [7, 11) is 0. The zero-order valence-corrected chi connectivity index (χ0v) is 14.1. The van der Waals surface area contributed by atoms with Gasteiger partial charge in [-0.3, -0.25) is 4.79 Å². The number of amides is 1. The number of anilines is 1. The van der Waals surface area contributed by atoms with Gasteiger partial charge in [0.05, 0.1) is 0 Å². The average Bonchev–Trinajstić information content (AvgIpc) is 2.55. The molecule has 1 amide bonds. The second-order valence-corrected chi connectivity index (χ2v) is 6.11. The van der Waals surface area contributed by atoms with Gasteiger partial charge in [0, 0.05) is 11.7 Å². The molecule has 0 fully saturated rings. The first-order chi connectivity index (χ1) is 11.2. The SMILES string of the molecule is CCCN(CCC)C1CCc2cccc(NC(=O)/C=N/O)c2C1. The molecule has 5 nitrogen and oxygen atoms in total. The molecule has 126 valence electrons. The predicted octanol–water partition coefficient (Wildman–Crippen LogP) is 3.06. The van der Waals surface area contributed by atoms with Gasteiger partial charge in [0.1, 0.15) is 6.21 Å². The van der Waals surface area contributed by atoms with Crippen molar-refractivity contribution in [2.45, 2.75) is 52.0 Å². The molecule has 0 saturated carbocycles. The van der Waals surface area contributed by atoms with Crippen LogP contribution in [0.4, 0.5) is 5.69 Å². The van der Waals surface area contributed by atoms with Crippen LogP contribution in [0.25, 0.3) is 0 Å². The van der Waals surface area contributed by atoms with Crippen molar-refractivity contribution in [1.82, 2.24) is 4.90 Å². The van der Waals surface area contributed by atoms with Crippen molar-refractivity contribution in [3.05, 3.63) is 29.3 Å². The lowest BCUT2D eigenvalue weighted by Gasteiger charge is -2.35. The molecule has 0 radical (unpaired) electrons. The Morgan fingerprint density at radius 1 is 1.39 bits per heavy atom. The maximum atomic E-state index is 11.7. The van der Waals surface area contributed by atoms with Crippen molar-refractivity contribution in [2.75, 3.05) is 18.4 Å². The monoisotopic (exact) mass is 317 g/mol. The molecule has 1 unspecified atom stereocenters. The van der Waals surface area contributed by atoms with Crippen LogP contribution in [-0.4, -0.2) is 41.4 Å². The summed E-state index contributed by atoms with van der Waals surface area (Å²) in [6, 6.07) is 6.58. The third-order valence-electron chi connectivity index (χ3n) is 4.43. The van der Waals surface area contributed by atoms with Crippen LogP contribution >= 0.6 is 0 Å². The third kappa shape index (κ3) is 4.55. The third-order valence-corrected chi connectivity index (χ3v) is 4.43. The molecule has 2 N–H and O–H groups in total. The highest BCUT2D eigenvalue weighted by Gasteiger charge is 2.25. The van der Waals surface area contributed by atoms with Crippen molar-refractivity contribution in [3.8, 4) is 0 Å². The Morgan fingerprint density at radius 2 is 2.13 bits per heavy atom. The molecule has 1 aliphatic rings. The van der Waals surface area contributed by atoms with Crippen LogP contribution < -0.4 is 5.32 Å². The Balaban J connectivity index is 2.18. The molecule has 1 aromatic carbocycles. The number of rotatable bonds is 7. The molecule has 0 heterocycles. The highest BCUT2D eigenvalue weighted by molar-refractivity contribution is 6.31. The number of carbonyl (C=O) groups is 1. The van der Waals surface area contributed by atoms with E-state index in [4.69, 9.17) is 5.21 Å². The Morgan fingerprint density at radius 3 is 2.78 bits per heavy atom. The first-order valence-corrected chi connectivity index (χ1v) is 8.52. The van der Waals surface area contributed by atoms with E-state index in [-0.39, 0.29) is 0 Å². The molecule has 0 aromatic heterocycles. The minimum absolute atomic E-state index is 0.401. The van der Waals surface area contributed by atoms with Crippen molar-refractivity contribution in [3.63, 3.8) is 0 Å². The average molecular weight is 317 g/mol. The van der Waals surface area contributed by atoms with E-state index in [1.54, 1.807) is 0 Å². The number of nitrogens with one attached hydrogen (secondary N) is 1. The topological polar surface area (TPSA) is 64.9 Å². The van der Waals surface area contributed by atoms with Crippen molar-refractivity contribution < 1.29 is 10.0 Å². The smallest absolute Gasteiger partial charge is 0.270 e. The van der Waals surface area contributed by atoms with Gasteiger partial charge in [-0.2, -0.15) is 0 Å². The van der Waals surface area contributed by atoms with Crippen LogP contribution in [0.1, 0.15) is 44.2 Å². The van der Waals surface area contributed by atoms with E-state index in [0.717, 1.165) is 50.7 Å². The van der Waals surface area contributed by atoms with Gasteiger partial charge in [-0.25, -0.2) is 0 Å². The maximum Gasteiger partial charge on any atom is 0.270 e. The summed E-state index contributed by atoms with van der Waals surface area (Å²) in [5.74, 6) is -0.401. The summed E-state index contributed by atoms with van der Waals surface area (Å²) in [6.45, 7) is 6.69. The summed E-state index contributed by atoms with van der Waals surface area (Å²) in [4.78, 5) is 14.3. The van der Waals surface area contributed by atoms with Crippen molar-refractivity contribution >= 4 is 17.8 Å². The number of hydrogen-bond donors (Lipinski definition) is 2. The van der Waals surface area contributed by atoms with Crippen molar-refractivity contribution in [1.29, 1.82) is 0 Å². The molecule has 1 aliphatic carbocycles. The lowest BCUT2D eigenvalue weighted by atomic mass is 9.86. The molecular formula is C18H27N3O2. The van der Waals surface area contributed by atoms with Crippen molar-refractivity contribution in [2.24, 2.45) is 5.16 Å². The quantitative estimate of drug-likeness (QED) is 0.461. The Bertz CT molecular complexity index is 551. The van der Waals surface area contributed by atoms with E-state index in [9.17, 15) is 4.79 Å². The van der Waals surface area contributed by atoms with Crippen LogP contribution in [0.2, 0.25) is 0 Å². The number of benzene rings is 1. The Labute approximate surface area is 138 Å². The molecule has 1 aromatic rings. The molecule has 0 aliphatic heterocycles. The zero-order valence-electron chi connectivity index (χ0n) is 14.1. The van der Waals surface area contributed by atoms with E-state index in [0.29, 0.717) is 6.04 Å². The van der Waals surface area contributed by atoms with Gasteiger partial charge < -0.3 is 15.4 Å². The second kappa shape index (κ2) is 8.67. The number of carbonyl (C=O) groups excluding carboxylic acids is 1. The summed E-state index contributed by atoms with van der Waals surface area (Å²) in [5.41, 5.74) is 3.37. The van der Waals surface area contributed by atoms with Gasteiger partial charge in [-0.05, 0) is 62.4 Å². The van der Waals surface area contributed by atoms with Crippen LogP contribution in [-0.2, 0) is 17.6 Å². The minimum Gasteiger partial charge on any atom is -0.411 e. The Hall–Kier alpha value is -1.88. The normalized spacial score (nSPS) is 17.4. The van der Waals surface area contributed by atoms with E-state index in [2.05, 4.69) is 35.3 Å². The van der Waals surface area contributed by atoms with Gasteiger partial charge in [0.15, 0.2) is 0 Å². The van der Waals surface area contributed by atoms with Crippen LogP contribution in [0.5, 0.6) is 0 Å². The molecule has 23 heavy (non-hydrogen) atoms. The highest BCUT2D eigenvalue weighted by Crippen LogP contribution is 2.30. The lowest BCUT2D eigenvalue weighted by Crippen LogP contribution is -2.40. The van der Waals surface area contributed by atoms with Gasteiger partial charge in [-0.15, -0.1) is 0 Å². The molecule has 5 heteroatoms. The maximum absolute atomic E-state index is 11.7. The number of fused-ring (bicyclic) bond motifs is 1. The lowest BCUT2D eigenvalue weighted by molar-refractivity contribution is -0.110. The summed E-state index contributed by atoms with van der Waals surface area (Å²) < 4.78 is 0. The Kier molecular flexibility index (Phi) is 6.59. The van der Waals surface area contributed by atoms with Gasteiger partial charge in [0.25, 0.3) is 5.91 Å². The standard InChI is InChI=1S/C18H27N3O2/c1-3-10-21(11-4-2)15-9-8-14-6-5-7-17(16(14)12-15)20-18(22)13-19-23/h5-7,13,15,23H,3-4,8-12H2,1-2H3,(H,20,22)/b19-13+. The molecule has 0 spiro atoms. The second-order valence-electron chi connectivity index (χ2n) is 6.11. The van der Waals surface area contributed by atoms with Crippen LogP contribution in [0.3, 0.4) is 0 Å². The fourth-order valence-electron chi connectivity index (χ4n) is 3.47. The molecule has 1 atom stereocenters. The fourth-order valence-corrected chi connectivity index (χ4v) is 3.47. The number of aryl methyl sites for hydroxylation is 1. The van der Waals surface area contributed by atoms with Gasteiger partial charge in [0.2, 0.25) is 0 Å². The van der Waals surface area contributed by atoms with Crippen LogP contribution in [0, 0.1) is 0 Å². The summed E-state index contributed by atoms with van der Waals surface area (Å²) in [5, 5.41) is 14.1. The van der Waals surface area contributed by atoms with Gasteiger partial charge in [-0.1, -0.05) is 31.1 Å². The predicted molar refractivity (Wildman–Crippen MR) is 93.3 cm³/mol. The van der Waals surface area contributed by atoms with E-state index in [1.165, 1.54) is 17.5 Å². The molecule has 2 rings (SSSR count). The minimum atomic E-state index is -0.401. The molecule has 0 bridgehead atoms. The van der Waals surface area contributed by atoms with E-state index in [1.807, 2.05) is 12.1 Å². The van der Waals surface area contributed by atoms with E-state index < -0.39 is 5.91 Å². The van der Waals surface area contributed by atoms with Crippen LogP contribution in [0.15, 0.2) is 23.4 Å². The molecule has 0 saturated heterocycles. The fraction of sp³-hybridized carbons (Fsp3) is 0.556. The first kappa shape index (κ1) is 17.5.